The largest absolute Gasteiger partial charge is 0.387 e. The van der Waals surface area contributed by atoms with Crippen LogP contribution in [-0.2, 0) is 0 Å². The lowest BCUT2D eigenvalue weighted by Gasteiger charge is -2.33. The summed E-state index contributed by atoms with van der Waals surface area (Å²) >= 11 is 11.9. The number of aromatic nitrogens is 2. The fourth-order valence-corrected chi connectivity index (χ4v) is 3.29. The van der Waals surface area contributed by atoms with Gasteiger partial charge in [-0.15, -0.1) is 0 Å². The van der Waals surface area contributed by atoms with Crippen molar-refractivity contribution in [3.8, 4) is 0 Å². The minimum absolute atomic E-state index is 0.395. The maximum Gasteiger partial charge on any atom is 0.0917 e. The molecule has 2 heterocycles. The first kappa shape index (κ1) is 15.8. The number of hydrogen-bond donors (Lipinski definition) is 1. The van der Waals surface area contributed by atoms with E-state index in [1.54, 1.807) is 6.20 Å². The number of likely N-dealkylation sites (tertiary alicyclic amines) is 1. The van der Waals surface area contributed by atoms with Gasteiger partial charge in [-0.1, -0.05) is 35.3 Å². The molecule has 4 nitrogen and oxygen atoms in total. The van der Waals surface area contributed by atoms with Crippen LogP contribution in [0.5, 0.6) is 0 Å². The lowest BCUT2D eigenvalue weighted by molar-refractivity contribution is 0.0890. The van der Waals surface area contributed by atoms with E-state index in [1.165, 1.54) is 0 Å². The highest BCUT2D eigenvalue weighted by atomic mass is 35.5. The Morgan fingerprint density at radius 2 is 2.00 bits per heavy atom. The molecule has 6 heteroatoms. The second-order valence-electron chi connectivity index (χ2n) is 5.74. The molecule has 1 fully saturated rings. The van der Waals surface area contributed by atoms with Crippen molar-refractivity contribution in [3.63, 3.8) is 0 Å². The normalized spacial score (nSPS) is 18.5. The number of benzene rings is 1. The summed E-state index contributed by atoms with van der Waals surface area (Å²) < 4.78 is 1.95. The molecule has 0 spiro atoms. The molecule has 1 aromatic carbocycles. The van der Waals surface area contributed by atoms with Crippen LogP contribution >= 0.6 is 23.2 Å². The predicted octanol–water partition coefficient (Wildman–Crippen LogP) is 3.56. The SMILES string of the molecule is OC(CN1CCC(n2cc(Cl)cn2)CC1)c1cccc(Cl)c1. The number of rotatable bonds is 4. The second kappa shape index (κ2) is 7.01. The summed E-state index contributed by atoms with van der Waals surface area (Å²) in [5.74, 6) is 0. The predicted molar refractivity (Wildman–Crippen MR) is 88.4 cm³/mol. The molecule has 1 aromatic heterocycles. The van der Waals surface area contributed by atoms with Crippen LogP contribution in [0.15, 0.2) is 36.7 Å². The molecule has 0 radical (unpaired) electrons. The highest BCUT2D eigenvalue weighted by Gasteiger charge is 2.23. The fourth-order valence-electron chi connectivity index (χ4n) is 2.94. The van der Waals surface area contributed by atoms with Crippen molar-refractivity contribution in [2.45, 2.75) is 25.0 Å². The van der Waals surface area contributed by atoms with Crippen LogP contribution in [-0.4, -0.2) is 39.4 Å². The number of β-amino-alcohol motifs (C(OH)–C–C–N with tert-alkyl or cyclic N) is 1. The number of hydrogen-bond acceptors (Lipinski definition) is 3. The van der Waals surface area contributed by atoms with Gasteiger partial charge in [-0.2, -0.15) is 5.10 Å². The van der Waals surface area contributed by atoms with E-state index in [0.29, 0.717) is 22.6 Å². The van der Waals surface area contributed by atoms with Gasteiger partial charge < -0.3 is 10.0 Å². The van der Waals surface area contributed by atoms with Gasteiger partial charge >= 0.3 is 0 Å². The van der Waals surface area contributed by atoms with E-state index >= 15 is 0 Å². The zero-order chi connectivity index (χ0) is 15.5. The minimum Gasteiger partial charge on any atom is -0.387 e. The molecular weight excluding hydrogens is 321 g/mol. The molecule has 1 atom stereocenters. The first-order valence-corrected chi connectivity index (χ1v) is 8.23. The van der Waals surface area contributed by atoms with Crippen LogP contribution in [0.25, 0.3) is 0 Å². The van der Waals surface area contributed by atoms with Gasteiger partial charge in [0, 0.05) is 30.9 Å². The van der Waals surface area contributed by atoms with Crippen LogP contribution in [0.3, 0.4) is 0 Å². The van der Waals surface area contributed by atoms with E-state index in [1.807, 2.05) is 35.1 Å². The van der Waals surface area contributed by atoms with E-state index in [9.17, 15) is 5.11 Å². The summed E-state index contributed by atoms with van der Waals surface area (Å²) in [6.07, 6.45) is 5.08. The van der Waals surface area contributed by atoms with Crippen molar-refractivity contribution in [2.24, 2.45) is 0 Å². The summed E-state index contributed by atoms with van der Waals surface area (Å²) in [6, 6.07) is 7.82. The maximum atomic E-state index is 10.3. The average Bonchev–Trinajstić information content (AvgIpc) is 2.94. The third-order valence-corrected chi connectivity index (χ3v) is 4.60. The Labute approximate surface area is 140 Å². The molecule has 1 saturated heterocycles. The number of nitrogens with zero attached hydrogens (tertiary/aromatic N) is 3. The third kappa shape index (κ3) is 3.82. The topological polar surface area (TPSA) is 41.3 Å². The summed E-state index contributed by atoms with van der Waals surface area (Å²) in [5.41, 5.74) is 0.869. The van der Waals surface area contributed by atoms with Gasteiger partial charge in [0.05, 0.1) is 23.4 Å². The zero-order valence-electron chi connectivity index (χ0n) is 12.2. The molecule has 2 aromatic rings. The average molecular weight is 340 g/mol. The minimum atomic E-state index is -0.505. The summed E-state index contributed by atoms with van der Waals surface area (Å²) in [4.78, 5) is 2.28. The van der Waals surface area contributed by atoms with E-state index in [4.69, 9.17) is 23.2 Å². The van der Waals surface area contributed by atoms with E-state index < -0.39 is 6.10 Å². The van der Waals surface area contributed by atoms with Crippen LogP contribution in [0.4, 0.5) is 0 Å². The Morgan fingerprint density at radius 1 is 1.23 bits per heavy atom. The fraction of sp³-hybridized carbons (Fsp3) is 0.438. The molecule has 0 saturated carbocycles. The summed E-state index contributed by atoms with van der Waals surface area (Å²) in [6.45, 7) is 2.52. The summed E-state index contributed by atoms with van der Waals surface area (Å²) in [7, 11) is 0. The van der Waals surface area contributed by atoms with Crippen molar-refractivity contribution >= 4 is 23.2 Å². The monoisotopic (exact) mass is 339 g/mol. The van der Waals surface area contributed by atoms with Gasteiger partial charge in [0.15, 0.2) is 0 Å². The van der Waals surface area contributed by atoms with Crippen LogP contribution in [0, 0.1) is 0 Å². The van der Waals surface area contributed by atoms with Gasteiger partial charge in [0.2, 0.25) is 0 Å². The molecule has 22 heavy (non-hydrogen) atoms. The Kier molecular flexibility index (Phi) is 5.03. The Hall–Kier alpha value is -1.07. The molecule has 0 amide bonds. The smallest absolute Gasteiger partial charge is 0.0917 e. The first-order chi connectivity index (χ1) is 10.6. The first-order valence-electron chi connectivity index (χ1n) is 7.47. The van der Waals surface area contributed by atoms with E-state index in [-0.39, 0.29) is 0 Å². The Bertz CT molecular complexity index is 623. The van der Waals surface area contributed by atoms with Crippen molar-refractivity contribution < 1.29 is 5.11 Å². The quantitative estimate of drug-likeness (QED) is 0.925. The highest BCUT2D eigenvalue weighted by Crippen LogP contribution is 2.25. The van der Waals surface area contributed by atoms with Gasteiger partial charge in [-0.05, 0) is 30.5 Å². The van der Waals surface area contributed by atoms with E-state index in [0.717, 1.165) is 31.5 Å². The Balaban J connectivity index is 1.53. The molecule has 0 bridgehead atoms. The molecule has 3 rings (SSSR count). The van der Waals surface area contributed by atoms with Gasteiger partial charge in [0.25, 0.3) is 0 Å². The van der Waals surface area contributed by atoms with Crippen LogP contribution in [0.2, 0.25) is 10.0 Å². The Morgan fingerprint density at radius 3 is 2.64 bits per heavy atom. The molecular formula is C16H19Cl2N3O. The number of aliphatic hydroxyl groups is 1. The van der Waals surface area contributed by atoms with Gasteiger partial charge in [0.1, 0.15) is 0 Å². The molecule has 118 valence electrons. The molecule has 1 N–H and O–H groups in total. The lowest BCUT2D eigenvalue weighted by Crippen LogP contribution is -2.37. The number of halogens is 2. The zero-order valence-corrected chi connectivity index (χ0v) is 13.7. The lowest BCUT2D eigenvalue weighted by atomic mass is 10.0. The second-order valence-corrected chi connectivity index (χ2v) is 6.61. The number of aliphatic hydroxyl groups excluding tert-OH is 1. The van der Waals surface area contributed by atoms with Gasteiger partial charge in [-0.25, -0.2) is 0 Å². The van der Waals surface area contributed by atoms with Crippen molar-refractivity contribution in [3.05, 3.63) is 52.3 Å². The van der Waals surface area contributed by atoms with Crippen molar-refractivity contribution in [1.82, 2.24) is 14.7 Å². The van der Waals surface area contributed by atoms with Gasteiger partial charge in [-0.3, -0.25) is 4.68 Å². The van der Waals surface area contributed by atoms with Crippen molar-refractivity contribution in [1.29, 1.82) is 0 Å². The third-order valence-electron chi connectivity index (χ3n) is 4.17. The molecule has 1 aliphatic rings. The number of piperidine rings is 1. The maximum absolute atomic E-state index is 10.3. The standard InChI is InChI=1S/C16H19Cl2N3O/c17-13-3-1-2-12(8-13)16(22)11-20-6-4-15(5-7-20)21-10-14(18)9-19-21/h1-3,8-10,15-16,22H,4-7,11H2. The highest BCUT2D eigenvalue weighted by molar-refractivity contribution is 6.30. The molecule has 1 aliphatic heterocycles. The molecule has 0 aliphatic carbocycles. The van der Waals surface area contributed by atoms with Crippen molar-refractivity contribution in [2.75, 3.05) is 19.6 Å². The van der Waals surface area contributed by atoms with E-state index in [2.05, 4.69) is 10.00 Å². The van der Waals surface area contributed by atoms with Crippen LogP contribution in [0.1, 0.15) is 30.6 Å². The summed E-state index contributed by atoms with van der Waals surface area (Å²) in [5, 5.41) is 16.0. The molecule has 1 unspecified atom stereocenters. The van der Waals surface area contributed by atoms with Crippen LogP contribution < -0.4 is 0 Å².